The average Bonchev–Trinajstić information content (AvgIpc) is 2.34. The highest BCUT2D eigenvalue weighted by Gasteiger charge is 2.06. The van der Waals surface area contributed by atoms with Crippen molar-refractivity contribution < 1.29 is 9.50 Å². The normalized spacial score (nSPS) is 10.5. The maximum atomic E-state index is 12.8. The molecule has 0 aliphatic rings. The van der Waals surface area contributed by atoms with Gasteiger partial charge in [-0.15, -0.1) is 0 Å². The van der Waals surface area contributed by atoms with E-state index in [0.29, 0.717) is 11.3 Å². The first-order chi connectivity index (χ1) is 8.13. The second kappa shape index (κ2) is 4.51. The van der Waals surface area contributed by atoms with Gasteiger partial charge in [0.15, 0.2) is 0 Å². The van der Waals surface area contributed by atoms with Gasteiger partial charge in [0.05, 0.1) is 12.3 Å². The Labute approximate surface area is 97.8 Å². The largest absolute Gasteiger partial charge is 0.391 e. The molecule has 1 heterocycles. The van der Waals surface area contributed by atoms with Gasteiger partial charge in [-0.25, -0.2) is 4.39 Å². The summed E-state index contributed by atoms with van der Waals surface area (Å²) < 4.78 is 14.2. The van der Waals surface area contributed by atoms with Gasteiger partial charge in [0.1, 0.15) is 5.82 Å². The predicted octanol–water partition coefficient (Wildman–Crippen LogP) is 1.68. The fourth-order valence-corrected chi connectivity index (χ4v) is 1.72. The van der Waals surface area contributed by atoms with Crippen LogP contribution in [0.5, 0.6) is 0 Å². The van der Waals surface area contributed by atoms with E-state index in [9.17, 15) is 9.18 Å². The molecule has 0 unspecified atom stereocenters. The van der Waals surface area contributed by atoms with E-state index in [-0.39, 0.29) is 18.0 Å². The standard InChI is InChI=1S/C13H12FNO2/c1-15-12(7-4-10(8-16)13(15)17)9-2-5-11(14)6-3-9/h2-7,16H,8H2,1H3. The molecule has 0 spiro atoms. The van der Waals surface area contributed by atoms with E-state index in [1.54, 1.807) is 31.3 Å². The summed E-state index contributed by atoms with van der Waals surface area (Å²) in [7, 11) is 1.63. The van der Waals surface area contributed by atoms with Gasteiger partial charge >= 0.3 is 0 Å². The number of benzene rings is 1. The lowest BCUT2D eigenvalue weighted by Gasteiger charge is -2.09. The van der Waals surface area contributed by atoms with E-state index >= 15 is 0 Å². The Hall–Kier alpha value is -1.94. The number of aromatic nitrogens is 1. The van der Waals surface area contributed by atoms with Crippen LogP contribution >= 0.6 is 0 Å². The van der Waals surface area contributed by atoms with Crippen LogP contribution in [0.15, 0.2) is 41.2 Å². The molecule has 1 aromatic carbocycles. The molecule has 88 valence electrons. The van der Waals surface area contributed by atoms with Crippen molar-refractivity contribution in [3.8, 4) is 11.3 Å². The molecule has 0 atom stereocenters. The number of halogens is 1. The Bertz CT molecular complexity index is 587. The van der Waals surface area contributed by atoms with Gasteiger partial charge in [0, 0.05) is 12.6 Å². The lowest BCUT2D eigenvalue weighted by Crippen LogP contribution is -2.22. The first-order valence-electron chi connectivity index (χ1n) is 5.19. The van der Waals surface area contributed by atoms with Gasteiger partial charge in [-0.1, -0.05) is 0 Å². The molecule has 0 aliphatic carbocycles. The van der Waals surface area contributed by atoms with Gasteiger partial charge in [-0.05, 0) is 42.0 Å². The molecule has 0 bridgehead atoms. The highest BCUT2D eigenvalue weighted by Crippen LogP contribution is 2.17. The Balaban J connectivity index is 2.57. The molecule has 0 fully saturated rings. The number of pyridine rings is 1. The van der Waals surface area contributed by atoms with Crippen LogP contribution in [0.25, 0.3) is 11.3 Å². The average molecular weight is 233 g/mol. The number of rotatable bonds is 2. The maximum Gasteiger partial charge on any atom is 0.256 e. The minimum atomic E-state index is -0.314. The van der Waals surface area contributed by atoms with Crippen molar-refractivity contribution >= 4 is 0 Å². The first-order valence-corrected chi connectivity index (χ1v) is 5.19. The van der Waals surface area contributed by atoms with Crippen LogP contribution in [0.2, 0.25) is 0 Å². The third-order valence-corrected chi connectivity index (χ3v) is 2.69. The Kier molecular flexibility index (Phi) is 3.06. The first kappa shape index (κ1) is 11.5. The summed E-state index contributed by atoms with van der Waals surface area (Å²) in [5, 5.41) is 8.98. The van der Waals surface area contributed by atoms with Crippen LogP contribution in [0.1, 0.15) is 5.56 Å². The van der Waals surface area contributed by atoms with Crippen LogP contribution < -0.4 is 5.56 Å². The summed E-state index contributed by atoms with van der Waals surface area (Å²) in [5.41, 5.74) is 1.55. The quantitative estimate of drug-likeness (QED) is 0.857. The maximum absolute atomic E-state index is 12.8. The Morgan fingerprint density at radius 1 is 1.18 bits per heavy atom. The van der Waals surface area contributed by atoms with E-state index < -0.39 is 0 Å². The predicted molar refractivity (Wildman–Crippen MR) is 63.0 cm³/mol. The van der Waals surface area contributed by atoms with Crippen molar-refractivity contribution in [3.63, 3.8) is 0 Å². The summed E-state index contributed by atoms with van der Waals surface area (Å²) in [6.45, 7) is -0.281. The van der Waals surface area contributed by atoms with E-state index in [2.05, 4.69) is 0 Å². The van der Waals surface area contributed by atoms with Crippen molar-refractivity contribution in [2.45, 2.75) is 6.61 Å². The number of aliphatic hydroxyl groups is 1. The fraction of sp³-hybridized carbons (Fsp3) is 0.154. The molecule has 17 heavy (non-hydrogen) atoms. The summed E-state index contributed by atoms with van der Waals surface area (Å²) in [5.74, 6) is -0.314. The SMILES string of the molecule is Cn1c(-c2ccc(F)cc2)ccc(CO)c1=O. The third kappa shape index (κ3) is 2.12. The van der Waals surface area contributed by atoms with Crippen molar-refractivity contribution in [2.75, 3.05) is 0 Å². The Morgan fingerprint density at radius 3 is 2.41 bits per heavy atom. The summed E-state index contributed by atoms with van der Waals surface area (Å²) >= 11 is 0. The van der Waals surface area contributed by atoms with Crippen LogP contribution in [-0.4, -0.2) is 9.67 Å². The minimum Gasteiger partial charge on any atom is -0.391 e. The zero-order chi connectivity index (χ0) is 12.4. The highest BCUT2D eigenvalue weighted by atomic mass is 19.1. The summed E-state index contributed by atoms with van der Waals surface area (Å²) in [4.78, 5) is 11.8. The molecular formula is C13H12FNO2. The van der Waals surface area contributed by atoms with Crippen molar-refractivity contribution in [1.29, 1.82) is 0 Å². The number of hydrogen-bond acceptors (Lipinski definition) is 2. The van der Waals surface area contributed by atoms with Crippen molar-refractivity contribution in [3.05, 3.63) is 58.1 Å². The van der Waals surface area contributed by atoms with Gasteiger partial charge < -0.3 is 9.67 Å². The molecule has 4 heteroatoms. The second-order valence-electron chi connectivity index (χ2n) is 3.77. The molecule has 0 saturated carbocycles. The molecule has 1 N–H and O–H groups in total. The summed E-state index contributed by atoms with van der Waals surface area (Å²) in [6, 6.07) is 9.24. The van der Waals surface area contributed by atoms with Crippen LogP contribution in [0.3, 0.4) is 0 Å². The third-order valence-electron chi connectivity index (χ3n) is 2.69. The molecule has 3 nitrogen and oxygen atoms in total. The van der Waals surface area contributed by atoms with Crippen LogP contribution in [-0.2, 0) is 13.7 Å². The lowest BCUT2D eigenvalue weighted by atomic mass is 10.1. The Morgan fingerprint density at radius 2 is 1.82 bits per heavy atom. The van der Waals surface area contributed by atoms with E-state index in [0.717, 1.165) is 5.56 Å². The monoisotopic (exact) mass is 233 g/mol. The smallest absolute Gasteiger partial charge is 0.256 e. The van der Waals surface area contributed by atoms with Crippen LogP contribution in [0.4, 0.5) is 4.39 Å². The number of hydrogen-bond donors (Lipinski definition) is 1. The van der Waals surface area contributed by atoms with Crippen molar-refractivity contribution in [2.24, 2.45) is 7.05 Å². The van der Waals surface area contributed by atoms with E-state index in [4.69, 9.17) is 5.11 Å². The van der Waals surface area contributed by atoms with Crippen LogP contribution in [0, 0.1) is 5.82 Å². The molecular weight excluding hydrogens is 221 g/mol. The minimum absolute atomic E-state index is 0.241. The molecule has 0 aliphatic heterocycles. The molecule has 0 amide bonds. The van der Waals surface area contributed by atoms with Crippen molar-refractivity contribution in [1.82, 2.24) is 4.57 Å². The number of aliphatic hydroxyl groups excluding tert-OH is 1. The summed E-state index contributed by atoms with van der Waals surface area (Å²) in [6.07, 6.45) is 0. The molecule has 0 radical (unpaired) electrons. The topological polar surface area (TPSA) is 42.2 Å². The van der Waals surface area contributed by atoms with E-state index in [1.165, 1.54) is 16.7 Å². The second-order valence-corrected chi connectivity index (χ2v) is 3.77. The molecule has 1 aromatic heterocycles. The van der Waals surface area contributed by atoms with Gasteiger partial charge in [-0.2, -0.15) is 0 Å². The number of nitrogens with zero attached hydrogens (tertiary/aromatic N) is 1. The fourth-order valence-electron chi connectivity index (χ4n) is 1.72. The molecule has 2 rings (SSSR count). The zero-order valence-corrected chi connectivity index (χ0v) is 9.35. The lowest BCUT2D eigenvalue weighted by molar-refractivity contribution is 0.279. The molecule has 0 saturated heterocycles. The zero-order valence-electron chi connectivity index (χ0n) is 9.35. The molecule has 2 aromatic rings. The van der Waals surface area contributed by atoms with Gasteiger partial charge in [0.2, 0.25) is 0 Å². The highest BCUT2D eigenvalue weighted by molar-refractivity contribution is 5.59. The van der Waals surface area contributed by atoms with E-state index in [1.807, 2.05) is 0 Å². The van der Waals surface area contributed by atoms with Gasteiger partial charge in [-0.3, -0.25) is 4.79 Å². The van der Waals surface area contributed by atoms with Gasteiger partial charge in [0.25, 0.3) is 5.56 Å².